The third-order valence-electron chi connectivity index (χ3n) is 5.85. The molecular weight excluding hydrogens is 394 g/mol. The molecule has 1 aliphatic heterocycles. The van der Waals surface area contributed by atoms with E-state index in [1.54, 1.807) is 18.9 Å². The number of para-hydroxylation sites is 1. The molecular formula is C25H31NO5. The van der Waals surface area contributed by atoms with Crippen molar-refractivity contribution in [1.29, 1.82) is 0 Å². The number of likely N-dealkylation sites (tertiary alicyclic amines) is 1. The molecule has 0 saturated carbocycles. The molecule has 0 radical (unpaired) electrons. The number of esters is 1. The van der Waals surface area contributed by atoms with Crippen LogP contribution >= 0.6 is 0 Å². The summed E-state index contributed by atoms with van der Waals surface area (Å²) < 4.78 is 16.5. The van der Waals surface area contributed by atoms with Crippen molar-refractivity contribution in [3.8, 4) is 11.5 Å². The molecule has 1 heterocycles. The van der Waals surface area contributed by atoms with Crippen molar-refractivity contribution < 1.29 is 23.8 Å². The summed E-state index contributed by atoms with van der Waals surface area (Å²) in [6.45, 7) is 4.92. The summed E-state index contributed by atoms with van der Waals surface area (Å²) in [5, 5.41) is 0. The van der Waals surface area contributed by atoms with Crippen molar-refractivity contribution >= 4 is 11.9 Å². The third-order valence-corrected chi connectivity index (χ3v) is 5.85. The Balaban J connectivity index is 1.67. The molecule has 2 aromatic rings. The van der Waals surface area contributed by atoms with E-state index in [1.165, 1.54) is 0 Å². The number of ether oxygens (including phenoxy) is 3. The molecule has 0 N–H and O–H groups in total. The molecule has 0 aliphatic carbocycles. The number of benzene rings is 2. The van der Waals surface area contributed by atoms with Crippen LogP contribution in [0, 0.1) is 5.41 Å². The summed E-state index contributed by atoms with van der Waals surface area (Å²) in [5.74, 6) is 1.19. The first-order chi connectivity index (χ1) is 15.0. The van der Waals surface area contributed by atoms with E-state index in [1.807, 2.05) is 61.5 Å². The average molecular weight is 426 g/mol. The van der Waals surface area contributed by atoms with E-state index in [0.717, 1.165) is 11.3 Å². The lowest BCUT2D eigenvalue weighted by atomic mass is 9.73. The van der Waals surface area contributed by atoms with Gasteiger partial charge in [-0.1, -0.05) is 30.3 Å². The Kier molecular flexibility index (Phi) is 7.55. The number of carbonyl (C=O) groups excluding carboxylic acids is 2. The highest BCUT2D eigenvalue weighted by molar-refractivity contribution is 5.82. The fourth-order valence-corrected chi connectivity index (χ4v) is 4.04. The van der Waals surface area contributed by atoms with Crippen LogP contribution in [0.25, 0.3) is 0 Å². The quantitative estimate of drug-likeness (QED) is 0.601. The first-order valence-corrected chi connectivity index (χ1v) is 10.8. The van der Waals surface area contributed by atoms with Gasteiger partial charge in [-0.05, 0) is 62.9 Å². The molecule has 2 aromatic carbocycles. The number of carbonyl (C=O) groups is 2. The van der Waals surface area contributed by atoms with Gasteiger partial charge in [0.2, 0.25) is 0 Å². The zero-order valence-corrected chi connectivity index (χ0v) is 18.5. The maximum absolute atomic E-state index is 12.9. The van der Waals surface area contributed by atoms with E-state index in [2.05, 4.69) is 0 Å². The van der Waals surface area contributed by atoms with E-state index in [0.29, 0.717) is 44.7 Å². The minimum atomic E-state index is -0.634. The van der Waals surface area contributed by atoms with Crippen LogP contribution in [0.5, 0.6) is 11.5 Å². The Hall–Kier alpha value is -3.02. The van der Waals surface area contributed by atoms with Gasteiger partial charge in [0.25, 0.3) is 5.91 Å². The Bertz CT molecular complexity index is 857. The highest BCUT2D eigenvalue weighted by Crippen LogP contribution is 2.37. The monoisotopic (exact) mass is 425 g/mol. The summed E-state index contributed by atoms with van der Waals surface area (Å²) in [6.07, 6.45) is 1.11. The molecule has 31 heavy (non-hydrogen) atoms. The van der Waals surface area contributed by atoms with Crippen LogP contribution in [0.3, 0.4) is 0 Å². The summed E-state index contributed by atoms with van der Waals surface area (Å²) in [4.78, 5) is 27.6. The van der Waals surface area contributed by atoms with Crippen molar-refractivity contribution in [3.63, 3.8) is 0 Å². The SMILES string of the molecule is CCOC(=O)C1(Cc2ccc(OC)cc2)CCN(C(=O)[C@H](C)Oc2ccccc2)CC1. The smallest absolute Gasteiger partial charge is 0.312 e. The van der Waals surface area contributed by atoms with Crippen molar-refractivity contribution in [2.75, 3.05) is 26.8 Å². The Labute approximate surface area is 184 Å². The van der Waals surface area contributed by atoms with Crippen LogP contribution in [-0.4, -0.2) is 49.7 Å². The standard InChI is InChI=1S/C25H31NO5/c1-4-30-24(28)25(18-20-10-12-21(29-3)13-11-20)14-16-26(17-15-25)23(27)19(2)31-22-8-6-5-7-9-22/h5-13,19H,4,14-18H2,1-3H3/t19-/m0/s1. The number of nitrogens with zero attached hydrogens (tertiary/aromatic N) is 1. The van der Waals surface area contributed by atoms with Gasteiger partial charge in [0.15, 0.2) is 6.10 Å². The van der Waals surface area contributed by atoms with E-state index in [9.17, 15) is 9.59 Å². The number of rotatable bonds is 8. The van der Waals surface area contributed by atoms with Crippen molar-refractivity contribution in [2.24, 2.45) is 5.41 Å². The fraction of sp³-hybridized carbons (Fsp3) is 0.440. The molecule has 6 nitrogen and oxygen atoms in total. The molecule has 0 aromatic heterocycles. The normalized spacial score (nSPS) is 16.3. The van der Waals surface area contributed by atoms with Crippen LogP contribution < -0.4 is 9.47 Å². The van der Waals surface area contributed by atoms with Crippen molar-refractivity contribution in [2.45, 2.75) is 39.2 Å². The number of hydrogen-bond donors (Lipinski definition) is 0. The maximum atomic E-state index is 12.9. The van der Waals surface area contributed by atoms with Crippen LogP contribution in [0.15, 0.2) is 54.6 Å². The van der Waals surface area contributed by atoms with Crippen LogP contribution in [0.1, 0.15) is 32.3 Å². The van der Waals surface area contributed by atoms with E-state index in [-0.39, 0.29) is 11.9 Å². The van der Waals surface area contributed by atoms with Gasteiger partial charge in [0, 0.05) is 13.1 Å². The summed E-state index contributed by atoms with van der Waals surface area (Å²) in [6, 6.07) is 17.1. The van der Waals surface area contributed by atoms with Gasteiger partial charge < -0.3 is 19.1 Å². The van der Waals surface area contributed by atoms with Crippen LogP contribution in [-0.2, 0) is 20.7 Å². The maximum Gasteiger partial charge on any atom is 0.312 e. The van der Waals surface area contributed by atoms with Gasteiger partial charge in [-0.3, -0.25) is 9.59 Å². The molecule has 1 fully saturated rings. The van der Waals surface area contributed by atoms with Crippen LogP contribution in [0.2, 0.25) is 0 Å². The largest absolute Gasteiger partial charge is 0.497 e. The van der Waals surface area contributed by atoms with Gasteiger partial charge in [-0.15, -0.1) is 0 Å². The summed E-state index contributed by atoms with van der Waals surface area (Å²) in [5.41, 5.74) is 0.416. The first kappa shape index (κ1) is 22.7. The topological polar surface area (TPSA) is 65.1 Å². The summed E-state index contributed by atoms with van der Waals surface area (Å²) >= 11 is 0. The van der Waals surface area contributed by atoms with Gasteiger partial charge in [-0.25, -0.2) is 0 Å². The molecule has 1 amide bonds. The lowest BCUT2D eigenvalue weighted by molar-refractivity contribution is -0.161. The van der Waals surface area contributed by atoms with Gasteiger partial charge in [-0.2, -0.15) is 0 Å². The highest BCUT2D eigenvalue weighted by Gasteiger charge is 2.44. The second kappa shape index (κ2) is 10.3. The lowest BCUT2D eigenvalue weighted by Gasteiger charge is -2.40. The van der Waals surface area contributed by atoms with E-state index >= 15 is 0 Å². The highest BCUT2D eigenvalue weighted by atomic mass is 16.5. The molecule has 0 unspecified atom stereocenters. The molecule has 0 spiro atoms. The molecule has 1 aliphatic rings. The molecule has 3 rings (SSSR count). The van der Waals surface area contributed by atoms with Gasteiger partial charge in [0.05, 0.1) is 19.1 Å². The van der Waals surface area contributed by atoms with Crippen molar-refractivity contribution in [3.05, 3.63) is 60.2 Å². The molecule has 0 bridgehead atoms. The third kappa shape index (κ3) is 5.57. The molecule has 1 atom stereocenters. The van der Waals surface area contributed by atoms with E-state index < -0.39 is 11.5 Å². The minimum absolute atomic E-state index is 0.0641. The zero-order chi connectivity index (χ0) is 22.3. The second-order valence-electron chi connectivity index (χ2n) is 7.92. The predicted octanol–water partition coefficient (Wildman–Crippen LogP) is 3.88. The first-order valence-electron chi connectivity index (χ1n) is 10.8. The molecule has 166 valence electrons. The lowest BCUT2D eigenvalue weighted by Crippen LogP contribution is -2.51. The predicted molar refractivity (Wildman–Crippen MR) is 118 cm³/mol. The Morgan fingerprint density at radius 3 is 2.23 bits per heavy atom. The average Bonchev–Trinajstić information content (AvgIpc) is 2.80. The molecule has 6 heteroatoms. The number of methoxy groups -OCH3 is 1. The number of piperidine rings is 1. The zero-order valence-electron chi connectivity index (χ0n) is 18.5. The van der Waals surface area contributed by atoms with Crippen LogP contribution in [0.4, 0.5) is 0 Å². The second-order valence-corrected chi connectivity index (χ2v) is 7.92. The van der Waals surface area contributed by atoms with E-state index in [4.69, 9.17) is 14.2 Å². The van der Waals surface area contributed by atoms with Gasteiger partial charge >= 0.3 is 5.97 Å². The minimum Gasteiger partial charge on any atom is -0.497 e. The fourth-order valence-electron chi connectivity index (χ4n) is 4.04. The molecule has 1 saturated heterocycles. The Morgan fingerprint density at radius 1 is 1.00 bits per heavy atom. The Morgan fingerprint density at radius 2 is 1.65 bits per heavy atom. The number of amides is 1. The number of hydrogen-bond acceptors (Lipinski definition) is 5. The van der Waals surface area contributed by atoms with Gasteiger partial charge in [0.1, 0.15) is 11.5 Å². The van der Waals surface area contributed by atoms with Crippen molar-refractivity contribution in [1.82, 2.24) is 4.90 Å². The summed E-state index contributed by atoms with van der Waals surface area (Å²) in [7, 11) is 1.63.